The zero-order chi connectivity index (χ0) is 30.5. The van der Waals surface area contributed by atoms with Crippen LogP contribution in [-0.4, -0.2) is 80.9 Å². The molecule has 0 aromatic heterocycles. The minimum Gasteiger partial charge on any atom is -0.508 e. The van der Waals surface area contributed by atoms with E-state index in [9.17, 15) is 39.6 Å². The van der Waals surface area contributed by atoms with Crippen molar-refractivity contribution in [3.63, 3.8) is 0 Å². The predicted octanol–water partition coefficient (Wildman–Crippen LogP) is -0.741. The highest BCUT2D eigenvalue weighted by Crippen LogP contribution is 2.14. The standard InChI is InChI=1S/C28H39N5O8/c1-16(34)24(33-25(37)21(30)4-2-3-13-29)27(39)31-22(14-17-5-9-19(35)10-6-17)26(38)32-23(28(40)41)15-18-7-11-20(36)12-8-18/h5-12,16,21-24,34-36H,2-4,13-15,29-30H2,1H3,(H,31,39)(H,32,38)(H,33,37)(H,40,41). The van der Waals surface area contributed by atoms with Gasteiger partial charge in [-0.3, -0.25) is 14.4 Å². The number of aliphatic hydroxyl groups is 1. The molecule has 0 aliphatic carbocycles. The van der Waals surface area contributed by atoms with Crippen LogP contribution in [0.4, 0.5) is 0 Å². The molecule has 0 spiro atoms. The summed E-state index contributed by atoms with van der Waals surface area (Å²) in [5, 5.41) is 46.4. The summed E-state index contributed by atoms with van der Waals surface area (Å²) < 4.78 is 0. The number of carbonyl (C=O) groups is 4. The first-order chi connectivity index (χ1) is 19.4. The lowest BCUT2D eigenvalue weighted by Gasteiger charge is -2.26. The fraction of sp³-hybridized carbons (Fsp3) is 0.429. The molecule has 13 heteroatoms. The second kappa shape index (κ2) is 16.2. The third-order valence-corrected chi connectivity index (χ3v) is 6.37. The lowest BCUT2D eigenvalue weighted by molar-refractivity contribution is -0.142. The van der Waals surface area contributed by atoms with Crippen LogP contribution in [0.25, 0.3) is 0 Å². The first-order valence-corrected chi connectivity index (χ1v) is 13.2. The zero-order valence-corrected chi connectivity index (χ0v) is 22.8. The Morgan fingerprint density at radius 1 is 0.756 bits per heavy atom. The topological polar surface area (TPSA) is 237 Å². The van der Waals surface area contributed by atoms with E-state index in [1.807, 2.05) is 0 Å². The maximum Gasteiger partial charge on any atom is 0.326 e. The van der Waals surface area contributed by atoms with Crippen molar-refractivity contribution in [1.82, 2.24) is 16.0 Å². The van der Waals surface area contributed by atoms with Crippen LogP contribution < -0.4 is 27.4 Å². The zero-order valence-electron chi connectivity index (χ0n) is 22.8. The van der Waals surface area contributed by atoms with Crippen molar-refractivity contribution in [2.24, 2.45) is 11.5 Å². The summed E-state index contributed by atoms with van der Waals surface area (Å²) in [4.78, 5) is 51.0. The van der Waals surface area contributed by atoms with Gasteiger partial charge in [-0.15, -0.1) is 0 Å². The average Bonchev–Trinajstić information content (AvgIpc) is 2.92. The predicted molar refractivity (Wildman–Crippen MR) is 150 cm³/mol. The number of carbonyl (C=O) groups excluding carboxylic acids is 3. The number of nitrogens with two attached hydrogens (primary N) is 2. The molecule has 2 rings (SSSR count). The van der Waals surface area contributed by atoms with Gasteiger partial charge in [-0.25, -0.2) is 4.79 Å². The van der Waals surface area contributed by atoms with Gasteiger partial charge in [0.25, 0.3) is 0 Å². The Labute approximate surface area is 237 Å². The van der Waals surface area contributed by atoms with E-state index in [1.54, 1.807) is 0 Å². The number of aliphatic carboxylic acids is 1. The van der Waals surface area contributed by atoms with Gasteiger partial charge in [0.1, 0.15) is 29.6 Å². The molecule has 2 aromatic rings. The Hall–Kier alpha value is -4.20. The van der Waals surface area contributed by atoms with Gasteiger partial charge in [-0.05, 0) is 61.7 Å². The SMILES string of the molecule is CC(O)C(NC(=O)C(N)CCCCN)C(=O)NC(Cc1ccc(O)cc1)C(=O)NC(Cc1ccc(O)cc1)C(=O)O. The molecule has 13 nitrogen and oxygen atoms in total. The molecule has 0 aliphatic heterocycles. The fourth-order valence-electron chi connectivity index (χ4n) is 3.98. The van der Waals surface area contributed by atoms with Crippen molar-refractivity contribution in [2.75, 3.05) is 6.54 Å². The van der Waals surface area contributed by atoms with Gasteiger partial charge in [-0.1, -0.05) is 30.7 Å². The summed E-state index contributed by atoms with van der Waals surface area (Å²) in [6.07, 6.45) is 0.0346. The van der Waals surface area contributed by atoms with Crippen LogP contribution in [0.1, 0.15) is 37.3 Å². The number of nitrogens with one attached hydrogen (secondary N) is 3. The lowest BCUT2D eigenvalue weighted by Crippen LogP contribution is -2.60. The second-order valence-corrected chi connectivity index (χ2v) is 9.82. The summed E-state index contributed by atoms with van der Waals surface area (Å²) in [5.41, 5.74) is 12.4. The number of unbranched alkanes of at least 4 members (excludes halogenated alkanes) is 1. The van der Waals surface area contributed by atoms with Gasteiger partial charge in [0.2, 0.25) is 17.7 Å². The normalized spacial score (nSPS) is 14.6. The highest BCUT2D eigenvalue weighted by Gasteiger charge is 2.32. The van der Waals surface area contributed by atoms with Gasteiger partial charge in [0, 0.05) is 12.8 Å². The summed E-state index contributed by atoms with van der Waals surface area (Å²) in [6, 6.07) is 6.57. The Morgan fingerprint density at radius 2 is 1.24 bits per heavy atom. The molecule has 5 unspecified atom stereocenters. The number of aromatic hydroxyl groups is 2. The van der Waals surface area contributed by atoms with E-state index in [2.05, 4.69) is 16.0 Å². The van der Waals surface area contributed by atoms with E-state index in [0.717, 1.165) is 0 Å². The molecule has 11 N–H and O–H groups in total. The van der Waals surface area contributed by atoms with Crippen LogP contribution in [0.15, 0.2) is 48.5 Å². The van der Waals surface area contributed by atoms with Crippen LogP contribution in [0.5, 0.6) is 11.5 Å². The van der Waals surface area contributed by atoms with Crippen LogP contribution in [0, 0.1) is 0 Å². The summed E-state index contributed by atoms with van der Waals surface area (Å²) in [6.45, 7) is 1.73. The number of aliphatic hydroxyl groups excluding tert-OH is 1. The number of carboxylic acids is 1. The first kappa shape index (κ1) is 33.0. The molecule has 0 heterocycles. The van der Waals surface area contributed by atoms with Crippen molar-refractivity contribution in [2.45, 2.75) is 69.3 Å². The fourth-order valence-corrected chi connectivity index (χ4v) is 3.98. The maximum atomic E-state index is 13.3. The number of phenolic OH excluding ortho intramolecular Hbond substituents is 2. The second-order valence-electron chi connectivity index (χ2n) is 9.82. The molecule has 0 bridgehead atoms. The largest absolute Gasteiger partial charge is 0.508 e. The van der Waals surface area contributed by atoms with Crippen molar-refractivity contribution < 1.29 is 39.6 Å². The molecule has 41 heavy (non-hydrogen) atoms. The highest BCUT2D eigenvalue weighted by molar-refractivity contribution is 5.94. The molecular weight excluding hydrogens is 534 g/mol. The number of amides is 3. The van der Waals surface area contributed by atoms with Crippen LogP contribution in [0.2, 0.25) is 0 Å². The summed E-state index contributed by atoms with van der Waals surface area (Å²) >= 11 is 0. The van der Waals surface area contributed by atoms with Gasteiger partial charge in [0.05, 0.1) is 12.1 Å². The van der Waals surface area contributed by atoms with Gasteiger partial charge in [-0.2, -0.15) is 0 Å². The van der Waals surface area contributed by atoms with E-state index in [1.165, 1.54) is 55.5 Å². The average molecular weight is 574 g/mol. The van der Waals surface area contributed by atoms with Crippen LogP contribution in [-0.2, 0) is 32.0 Å². The minimum atomic E-state index is -1.45. The molecule has 2 aromatic carbocycles. The van der Waals surface area contributed by atoms with E-state index >= 15 is 0 Å². The number of hydrogen-bond donors (Lipinski definition) is 9. The third-order valence-electron chi connectivity index (χ3n) is 6.37. The Balaban J connectivity index is 2.22. The van der Waals surface area contributed by atoms with Crippen LogP contribution in [0.3, 0.4) is 0 Å². The summed E-state index contributed by atoms with van der Waals surface area (Å²) in [5.74, 6) is -3.71. The van der Waals surface area contributed by atoms with E-state index in [-0.39, 0.29) is 24.3 Å². The molecular formula is C28H39N5O8. The van der Waals surface area contributed by atoms with Crippen molar-refractivity contribution in [1.29, 1.82) is 0 Å². The molecule has 0 saturated carbocycles. The Bertz CT molecular complexity index is 1160. The molecule has 0 aliphatic rings. The first-order valence-electron chi connectivity index (χ1n) is 13.2. The molecule has 224 valence electrons. The highest BCUT2D eigenvalue weighted by atomic mass is 16.4. The number of benzene rings is 2. The van der Waals surface area contributed by atoms with Crippen molar-refractivity contribution >= 4 is 23.7 Å². The number of hydrogen-bond acceptors (Lipinski definition) is 9. The van der Waals surface area contributed by atoms with E-state index in [0.29, 0.717) is 36.9 Å². The summed E-state index contributed by atoms with van der Waals surface area (Å²) in [7, 11) is 0. The quantitative estimate of drug-likeness (QED) is 0.114. The smallest absolute Gasteiger partial charge is 0.326 e. The maximum absolute atomic E-state index is 13.3. The molecule has 0 saturated heterocycles. The molecule has 0 fully saturated rings. The Kier molecular flexibility index (Phi) is 13.0. The van der Waals surface area contributed by atoms with Gasteiger partial charge in [0.15, 0.2) is 0 Å². The number of rotatable bonds is 16. The van der Waals surface area contributed by atoms with Crippen LogP contribution >= 0.6 is 0 Å². The number of phenols is 2. The van der Waals surface area contributed by atoms with Crippen molar-refractivity contribution in [3.8, 4) is 11.5 Å². The number of carboxylic acid groups (broad SMARTS) is 1. The van der Waals surface area contributed by atoms with E-state index in [4.69, 9.17) is 11.5 Å². The molecule has 3 amide bonds. The van der Waals surface area contributed by atoms with E-state index < -0.39 is 54.0 Å². The van der Waals surface area contributed by atoms with Gasteiger partial charge >= 0.3 is 5.97 Å². The third kappa shape index (κ3) is 11.1. The lowest BCUT2D eigenvalue weighted by atomic mass is 10.0. The molecule has 0 radical (unpaired) electrons. The Morgan fingerprint density at radius 3 is 1.71 bits per heavy atom. The minimum absolute atomic E-state index is 0.00222. The van der Waals surface area contributed by atoms with Crippen molar-refractivity contribution in [3.05, 3.63) is 59.7 Å². The molecule has 5 atom stereocenters. The van der Waals surface area contributed by atoms with Gasteiger partial charge < -0.3 is 47.8 Å². The monoisotopic (exact) mass is 573 g/mol.